The molecule has 2 aromatic carbocycles. The molecule has 2 fully saturated rings. The first kappa shape index (κ1) is 24.8. The third-order valence-electron chi connectivity index (χ3n) is 6.73. The van der Waals surface area contributed by atoms with Crippen LogP contribution in [0.15, 0.2) is 48.0 Å². The van der Waals surface area contributed by atoms with Crippen LogP contribution in [0.5, 0.6) is 11.5 Å². The van der Waals surface area contributed by atoms with E-state index in [1.165, 1.54) is 0 Å². The quantitative estimate of drug-likeness (QED) is 0.296. The van der Waals surface area contributed by atoms with Crippen LogP contribution in [0, 0.1) is 12.8 Å². The number of Topliss-reactive ketones (excluding diaryl/α,β-unsaturated/α-hetero) is 1. The van der Waals surface area contributed by atoms with Crippen LogP contribution in [0.2, 0.25) is 0 Å². The number of ether oxygens (including phenoxy) is 2. The molecule has 1 aliphatic heterocycles. The first-order valence-electron chi connectivity index (χ1n) is 12.6. The van der Waals surface area contributed by atoms with Gasteiger partial charge in [-0.2, -0.15) is 0 Å². The molecule has 2 aliphatic rings. The number of rotatable bonds is 8. The molecule has 0 bridgehead atoms. The van der Waals surface area contributed by atoms with Crippen molar-refractivity contribution >= 4 is 17.4 Å². The van der Waals surface area contributed by atoms with E-state index in [0.717, 1.165) is 48.3 Å². The van der Waals surface area contributed by atoms with Gasteiger partial charge in [-0.3, -0.25) is 9.59 Å². The van der Waals surface area contributed by atoms with Crippen LogP contribution in [0.25, 0.3) is 5.76 Å². The molecule has 1 amide bonds. The minimum Gasteiger partial charge on any atom is -0.507 e. The average molecular weight is 478 g/mol. The lowest BCUT2D eigenvalue weighted by molar-refractivity contribution is -0.141. The van der Waals surface area contributed by atoms with Crippen molar-refractivity contribution in [3.8, 4) is 11.5 Å². The smallest absolute Gasteiger partial charge is 0.295 e. The fraction of sp³-hybridized carbons (Fsp3) is 0.448. The van der Waals surface area contributed by atoms with Crippen LogP contribution in [0.4, 0.5) is 0 Å². The van der Waals surface area contributed by atoms with Gasteiger partial charge < -0.3 is 19.5 Å². The molecule has 0 spiro atoms. The molecule has 186 valence electrons. The van der Waals surface area contributed by atoms with Crippen molar-refractivity contribution in [2.45, 2.75) is 65.5 Å². The Morgan fingerprint density at radius 2 is 1.74 bits per heavy atom. The number of ketones is 1. The van der Waals surface area contributed by atoms with Crippen molar-refractivity contribution in [1.82, 2.24) is 4.90 Å². The van der Waals surface area contributed by atoms with Gasteiger partial charge in [0.05, 0.1) is 24.8 Å². The summed E-state index contributed by atoms with van der Waals surface area (Å²) in [5.74, 6) is 0.535. The molecule has 35 heavy (non-hydrogen) atoms. The van der Waals surface area contributed by atoms with E-state index >= 15 is 0 Å². The summed E-state index contributed by atoms with van der Waals surface area (Å²) in [7, 11) is 0. The number of aliphatic hydroxyl groups is 1. The Kier molecular flexibility index (Phi) is 7.48. The predicted octanol–water partition coefficient (Wildman–Crippen LogP) is 5.79. The number of carbonyl (C=O) groups is 2. The molecule has 1 heterocycles. The summed E-state index contributed by atoms with van der Waals surface area (Å²) in [6.45, 7) is 9.14. The Balaban J connectivity index is 1.77. The first-order chi connectivity index (χ1) is 16.8. The van der Waals surface area contributed by atoms with Gasteiger partial charge in [-0.05, 0) is 74.1 Å². The zero-order valence-corrected chi connectivity index (χ0v) is 21.0. The number of hydrogen-bond acceptors (Lipinski definition) is 5. The molecular formula is C29H35NO5. The zero-order valence-electron chi connectivity index (χ0n) is 21.0. The van der Waals surface area contributed by atoms with Crippen molar-refractivity contribution in [2.24, 2.45) is 5.92 Å². The van der Waals surface area contributed by atoms with Crippen molar-refractivity contribution in [3.05, 3.63) is 64.7 Å². The lowest BCUT2D eigenvalue weighted by atomic mass is 9.94. The lowest BCUT2D eigenvalue weighted by Gasteiger charge is -2.30. The summed E-state index contributed by atoms with van der Waals surface area (Å²) < 4.78 is 11.4. The summed E-state index contributed by atoms with van der Waals surface area (Å²) in [4.78, 5) is 28.3. The van der Waals surface area contributed by atoms with Crippen LogP contribution in [0.3, 0.4) is 0 Å². The summed E-state index contributed by atoms with van der Waals surface area (Å²) in [6.07, 6.45) is 3.78. The van der Waals surface area contributed by atoms with Crippen molar-refractivity contribution in [2.75, 3.05) is 13.2 Å². The molecule has 1 unspecified atom stereocenters. The van der Waals surface area contributed by atoms with E-state index in [1.807, 2.05) is 50.2 Å². The van der Waals surface area contributed by atoms with Gasteiger partial charge in [0.1, 0.15) is 17.3 Å². The lowest BCUT2D eigenvalue weighted by Crippen LogP contribution is -2.37. The van der Waals surface area contributed by atoms with Crippen LogP contribution < -0.4 is 9.47 Å². The van der Waals surface area contributed by atoms with Crippen molar-refractivity contribution < 1.29 is 24.2 Å². The van der Waals surface area contributed by atoms with Gasteiger partial charge in [-0.25, -0.2) is 0 Å². The SMILES string of the molecule is CCOc1ccc(C2/C(=C(/O)c3ccc(OCC(C)C)c(C)c3)C(=O)C(=O)N2C2CCCC2)cc1. The molecule has 1 saturated carbocycles. The molecule has 4 rings (SSSR count). The highest BCUT2D eigenvalue weighted by Gasteiger charge is 2.49. The van der Waals surface area contributed by atoms with Crippen molar-refractivity contribution in [3.63, 3.8) is 0 Å². The minimum atomic E-state index is -0.633. The highest BCUT2D eigenvalue weighted by molar-refractivity contribution is 6.46. The van der Waals surface area contributed by atoms with E-state index in [9.17, 15) is 14.7 Å². The van der Waals surface area contributed by atoms with E-state index in [-0.39, 0.29) is 17.4 Å². The minimum absolute atomic E-state index is 0.0122. The van der Waals surface area contributed by atoms with E-state index in [1.54, 1.807) is 11.0 Å². The van der Waals surface area contributed by atoms with Gasteiger partial charge in [-0.15, -0.1) is 0 Å². The Bertz CT molecular complexity index is 1110. The number of hydrogen-bond donors (Lipinski definition) is 1. The average Bonchev–Trinajstić information content (AvgIpc) is 3.45. The number of amides is 1. The monoisotopic (exact) mass is 477 g/mol. The van der Waals surface area contributed by atoms with Crippen molar-refractivity contribution in [1.29, 1.82) is 0 Å². The molecule has 6 nitrogen and oxygen atoms in total. The molecule has 2 aromatic rings. The Morgan fingerprint density at radius 1 is 1.06 bits per heavy atom. The fourth-order valence-corrected chi connectivity index (χ4v) is 5.02. The number of aliphatic hydroxyl groups excluding tert-OH is 1. The molecule has 0 radical (unpaired) electrons. The van der Waals surface area contributed by atoms with E-state index in [4.69, 9.17) is 9.47 Å². The van der Waals surface area contributed by atoms with Gasteiger partial charge in [0.25, 0.3) is 11.7 Å². The van der Waals surface area contributed by atoms with E-state index in [2.05, 4.69) is 13.8 Å². The summed E-state index contributed by atoms with van der Waals surface area (Å²) in [5, 5.41) is 11.4. The van der Waals surface area contributed by atoms with Crippen LogP contribution in [0.1, 0.15) is 69.2 Å². The second kappa shape index (κ2) is 10.5. The molecule has 1 saturated heterocycles. The molecule has 1 atom stereocenters. The normalized spacial score (nSPS) is 20.1. The predicted molar refractivity (Wildman–Crippen MR) is 136 cm³/mol. The third-order valence-corrected chi connectivity index (χ3v) is 6.73. The summed E-state index contributed by atoms with van der Waals surface area (Å²) in [6, 6.07) is 12.2. The molecule has 1 aliphatic carbocycles. The molecule has 0 aromatic heterocycles. The topological polar surface area (TPSA) is 76.1 Å². The maximum absolute atomic E-state index is 13.3. The van der Waals surface area contributed by atoms with Gasteiger partial charge in [0, 0.05) is 11.6 Å². The number of benzene rings is 2. The first-order valence-corrected chi connectivity index (χ1v) is 12.6. The van der Waals surface area contributed by atoms with Gasteiger partial charge >= 0.3 is 0 Å². The summed E-state index contributed by atoms with van der Waals surface area (Å²) in [5.41, 5.74) is 2.29. The van der Waals surface area contributed by atoms with E-state index in [0.29, 0.717) is 24.7 Å². The number of likely N-dealkylation sites (tertiary alicyclic amines) is 1. The highest BCUT2D eigenvalue weighted by Crippen LogP contribution is 2.44. The third kappa shape index (κ3) is 5.07. The van der Waals surface area contributed by atoms with Crippen LogP contribution >= 0.6 is 0 Å². The number of nitrogens with zero attached hydrogens (tertiary/aromatic N) is 1. The van der Waals surface area contributed by atoms with Crippen LogP contribution in [-0.2, 0) is 9.59 Å². The number of aryl methyl sites for hydroxylation is 1. The largest absolute Gasteiger partial charge is 0.507 e. The molecular weight excluding hydrogens is 442 g/mol. The maximum Gasteiger partial charge on any atom is 0.295 e. The standard InChI is InChI=1S/C29H35NO5/c1-5-34-23-13-10-20(11-14-23)26-25(28(32)29(33)30(26)22-8-6-7-9-22)27(31)21-12-15-24(19(4)16-21)35-17-18(2)3/h10-16,18,22,26,31H,5-9,17H2,1-4H3/b27-25-. The zero-order chi connectivity index (χ0) is 25.1. The number of carbonyl (C=O) groups excluding carboxylic acids is 2. The van der Waals surface area contributed by atoms with Gasteiger partial charge in [0.2, 0.25) is 0 Å². The second-order valence-corrected chi connectivity index (χ2v) is 9.83. The fourth-order valence-electron chi connectivity index (χ4n) is 5.02. The van der Waals surface area contributed by atoms with Gasteiger partial charge in [-0.1, -0.05) is 38.8 Å². The summed E-state index contributed by atoms with van der Waals surface area (Å²) >= 11 is 0. The Labute approximate surface area is 207 Å². The van der Waals surface area contributed by atoms with E-state index < -0.39 is 17.7 Å². The molecule has 6 heteroatoms. The highest BCUT2D eigenvalue weighted by atomic mass is 16.5. The van der Waals surface area contributed by atoms with Gasteiger partial charge in [0.15, 0.2) is 0 Å². The van der Waals surface area contributed by atoms with Crippen LogP contribution in [-0.4, -0.2) is 41.0 Å². The Hall–Kier alpha value is -3.28. The second-order valence-electron chi connectivity index (χ2n) is 9.83. The Morgan fingerprint density at radius 3 is 2.34 bits per heavy atom. The molecule has 1 N–H and O–H groups in total. The maximum atomic E-state index is 13.3.